The van der Waals surface area contributed by atoms with E-state index in [0.29, 0.717) is 30.4 Å². The van der Waals surface area contributed by atoms with Crippen LogP contribution in [0.25, 0.3) is 0 Å². The van der Waals surface area contributed by atoms with Gasteiger partial charge in [0.2, 0.25) is 0 Å². The number of aliphatic hydroxyl groups excluding tert-OH is 1. The Balaban J connectivity index is 1.78. The SMILES string of the molecule is NCC1CCCCC1NCC1CCCCC1CO. The van der Waals surface area contributed by atoms with E-state index in [2.05, 4.69) is 5.32 Å². The normalized spacial score (nSPS) is 37.7. The summed E-state index contributed by atoms with van der Waals surface area (Å²) in [4.78, 5) is 0. The van der Waals surface area contributed by atoms with Gasteiger partial charge >= 0.3 is 0 Å². The van der Waals surface area contributed by atoms with Gasteiger partial charge in [-0.2, -0.15) is 0 Å². The van der Waals surface area contributed by atoms with Gasteiger partial charge in [0, 0.05) is 12.6 Å². The third kappa shape index (κ3) is 3.69. The van der Waals surface area contributed by atoms with Gasteiger partial charge in [-0.25, -0.2) is 0 Å². The average Bonchev–Trinajstić information content (AvgIpc) is 2.45. The first-order valence-electron chi connectivity index (χ1n) is 7.89. The maximum Gasteiger partial charge on any atom is 0.0462 e. The molecule has 0 aromatic heterocycles. The van der Waals surface area contributed by atoms with Gasteiger partial charge in [0.1, 0.15) is 0 Å². The summed E-state index contributed by atoms with van der Waals surface area (Å²) in [5, 5.41) is 13.2. The standard InChI is InChI=1S/C15H30N2O/c16-9-12-5-3-4-8-15(12)17-10-13-6-1-2-7-14(13)11-18/h12-15,17-18H,1-11,16H2. The summed E-state index contributed by atoms with van der Waals surface area (Å²) in [6, 6.07) is 0.630. The zero-order chi connectivity index (χ0) is 12.8. The van der Waals surface area contributed by atoms with E-state index in [4.69, 9.17) is 5.73 Å². The van der Waals surface area contributed by atoms with Crippen molar-refractivity contribution in [1.29, 1.82) is 0 Å². The predicted octanol–water partition coefficient (Wildman–Crippen LogP) is 1.89. The molecule has 2 fully saturated rings. The van der Waals surface area contributed by atoms with Crippen LogP contribution < -0.4 is 11.1 Å². The molecule has 2 saturated carbocycles. The summed E-state index contributed by atoms with van der Waals surface area (Å²) in [5.41, 5.74) is 5.88. The first-order valence-corrected chi connectivity index (χ1v) is 7.89. The van der Waals surface area contributed by atoms with Crippen LogP contribution >= 0.6 is 0 Å². The first-order chi connectivity index (χ1) is 8.85. The monoisotopic (exact) mass is 254 g/mol. The Labute approximate surface area is 112 Å². The predicted molar refractivity (Wildman–Crippen MR) is 75.3 cm³/mol. The highest BCUT2D eigenvalue weighted by Gasteiger charge is 2.28. The number of nitrogens with one attached hydrogen (secondary N) is 1. The fraction of sp³-hybridized carbons (Fsp3) is 1.00. The molecule has 0 aromatic rings. The molecular weight excluding hydrogens is 224 g/mol. The molecule has 2 rings (SSSR count). The zero-order valence-corrected chi connectivity index (χ0v) is 11.6. The van der Waals surface area contributed by atoms with Gasteiger partial charge in [-0.1, -0.05) is 25.7 Å². The van der Waals surface area contributed by atoms with Crippen LogP contribution in [0.15, 0.2) is 0 Å². The minimum Gasteiger partial charge on any atom is -0.396 e. The van der Waals surface area contributed by atoms with Gasteiger partial charge in [0.25, 0.3) is 0 Å². The first kappa shape index (κ1) is 14.3. The Kier molecular flexibility index (Phi) is 5.93. The van der Waals surface area contributed by atoms with Crippen molar-refractivity contribution in [2.24, 2.45) is 23.5 Å². The van der Waals surface area contributed by atoms with Crippen molar-refractivity contribution in [2.45, 2.75) is 57.4 Å². The molecule has 4 atom stereocenters. The number of rotatable bonds is 5. The molecule has 0 radical (unpaired) electrons. The molecule has 0 aliphatic heterocycles. The number of nitrogens with two attached hydrogens (primary N) is 1. The molecule has 0 amide bonds. The van der Waals surface area contributed by atoms with E-state index in [1.54, 1.807) is 0 Å². The zero-order valence-electron chi connectivity index (χ0n) is 11.6. The fourth-order valence-electron chi connectivity index (χ4n) is 3.85. The molecule has 4 unspecified atom stereocenters. The van der Waals surface area contributed by atoms with Crippen molar-refractivity contribution in [2.75, 3.05) is 19.7 Å². The highest BCUT2D eigenvalue weighted by molar-refractivity contribution is 4.84. The van der Waals surface area contributed by atoms with E-state index >= 15 is 0 Å². The van der Waals surface area contributed by atoms with Gasteiger partial charge in [0.05, 0.1) is 0 Å². The van der Waals surface area contributed by atoms with Crippen LogP contribution in [0.1, 0.15) is 51.4 Å². The summed E-state index contributed by atoms with van der Waals surface area (Å²) < 4.78 is 0. The van der Waals surface area contributed by atoms with E-state index in [1.807, 2.05) is 0 Å². The number of hydrogen-bond acceptors (Lipinski definition) is 3. The third-order valence-corrected chi connectivity index (χ3v) is 5.16. The lowest BCUT2D eigenvalue weighted by atomic mass is 9.78. The highest BCUT2D eigenvalue weighted by atomic mass is 16.3. The van der Waals surface area contributed by atoms with E-state index in [9.17, 15) is 5.11 Å². The topological polar surface area (TPSA) is 58.3 Å². The summed E-state index contributed by atoms with van der Waals surface area (Å²) in [5.74, 6) is 1.89. The number of aliphatic hydroxyl groups is 1. The summed E-state index contributed by atoms with van der Waals surface area (Å²) in [6.45, 7) is 2.29. The van der Waals surface area contributed by atoms with Crippen molar-refractivity contribution in [3.8, 4) is 0 Å². The maximum absolute atomic E-state index is 9.45. The Hall–Kier alpha value is -0.120. The Morgan fingerprint density at radius 2 is 1.50 bits per heavy atom. The molecule has 4 N–H and O–H groups in total. The molecule has 0 bridgehead atoms. The van der Waals surface area contributed by atoms with Crippen LogP contribution in [0.4, 0.5) is 0 Å². The lowest BCUT2D eigenvalue weighted by Crippen LogP contribution is -2.45. The van der Waals surface area contributed by atoms with Crippen molar-refractivity contribution >= 4 is 0 Å². The van der Waals surface area contributed by atoms with Gasteiger partial charge in [0.15, 0.2) is 0 Å². The van der Waals surface area contributed by atoms with Crippen LogP contribution in [0.2, 0.25) is 0 Å². The van der Waals surface area contributed by atoms with Gasteiger partial charge in [-0.3, -0.25) is 0 Å². The van der Waals surface area contributed by atoms with Crippen molar-refractivity contribution in [3.63, 3.8) is 0 Å². The molecule has 18 heavy (non-hydrogen) atoms. The van der Waals surface area contributed by atoms with E-state index in [0.717, 1.165) is 13.1 Å². The van der Waals surface area contributed by atoms with E-state index < -0.39 is 0 Å². The molecule has 0 saturated heterocycles. The molecule has 3 nitrogen and oxygen atoms in total. The second-order valence-electron chi connectivity index (χ2n) is 6.28. The minimum absolute atomic E-state index is 0.372. The van der Waals surface area contributed by atoms with Crippen molar-refractivity contribution < 1.29 is 5.11 Å². The average molecular weight is 254 g/mol. The number of hydrogen-bond donors (Lipinski definition) is 3. The Morgan fingerprint density at radius 3 is 2.17 bits per heavy atom. The van der Waals surface area contributed by atoms with Gasteiger partial charge < -0.3 is 16.2 Å². The van der Waals surface area contributed by atoms with Crippen molar-refractivity contribution in [3.05, 3.63) is 0 Å². The highest BCUT2D eigenvalue weighted by Crippen LogP contribution is 2.30. The third-order valence-electron chi connectivity index (χ3n) is 5.16. The molecule has 0 spiro atoms. The van der Waals surface area contributed by atoms with Gasteiger partial charge in [-0.05, 0) is 56.5 Å². The molecule has 0 heterocycles. The smallest absolute Gasteiger partial charge is 0.0462 e. The molecule has 2 aliphatic rings. The molecule has 106 valence electrons. The van der Waals surface area contributed by atoms with Crippen LogP contribution in [0.5, 0.6) is 0 Å². The summed E-state index contributed by atoms with van der Waals surface area (Å²) in [7, 11) is 0. The lowest BCUT2D eigenvalue weighted by Gasteiger charge is -2.35. The largest absolute Gasteiger partial charge is 0.396 e. The summed E-state index contributed by atoms with van der Waals surface area (Å²) in [6.07, 6.45) is 10.4. The van der Waals surface area contributed by atoms with E-state index in [-0.39, 0.29) is 0 Å². The minimum atomic E-state index is 0.372. The molecule has 0 aromatic carbocycles. The quantitative estimate of drug-likeness (QED) is 0.702. The fourth-order valence-corrected chi connectivity index (χ4v) is 3.85. The second-order valence-corrected chi connectivity index (χ2v) is 6.28. The molecular formula is C15H30N2O. The Bertz CT molecular complexity index is 211. The maximum atomic E-state index is 9.45. The molecule has 2 aliphatic carbocycles. The Morgan fingerprint density at radius 1 is 0.889 bits per heavy atom. The second kappa shape index (κ2) is 7.46. The summed E-state index contributed by atoms with van der Waals surface area (Å²) >= 11 is 0. The van der Waals surface area contributed by atoms with Gasteiger partial charge in [-0.15, -0.1) is 0 Å². The van der Waals surface area contributed by atoms with Crippen LogP contribution in [-0.4, -0.2) is 30.8 Å². The van der Waals surface area contributed by atoms with Crippen LogP contribution in [0.3, 0.4) is 0 Å². The lowest BCUT2D eigenvalue weighted by molar-refractivity contribution is 0.126. The molecule has 3 heteroatoms. The van der Waals surface area contributed by atoms with Crippen LogP contribution in [0, 0.1) is 17.8 Å². The van der Waals surface area contributed by atoms with Crippen LogP contribution in [-0.2, 0) is 0 Å². The van der Waals surface area contributed by atoms with E-state index in [1.165, 1.54) is 51.4 Å². The van der Waals surface area contributed by atoms with Crippen molar-refractivity contribution in [1.82, 2.24) is 5.32 Å².